The zero-order valence-electron chi connectivity index (χ0n) is 11.1. The summed E-state index contributed by atoms with van der Waals surface area (Å²) in [6, 6.07) is 1.80. The number of likely N-dealkylation sites (N-methyl/N-ethyl adjacent to an activating group) is 1. The predicted molar refractivity (Wildman–Crippen MR) is 67.4 cm³/mol. The second kappa shape index (κ2) is 5.12. The van der Waals surface area contributed by atoms with Gasteiger partial charge in [0.1, 0.15) is 12.0 Å². The number of rotatable bonds is 3. The Bertz CT molecular complexity index is 428. The molecule has 1 aromatic rings. The van der Waals surface area contributed by atoms with Crippen molar-refractivity contribution in [1.29, 1.82) is 0 Å². The average Bonchev–Trinajstić information content (AvgIpc) is 2.83. The molecule has 1 N–H and O–H groups in total. The first kappa shape index (κ1) is 13.1. The van der Waals surface area contributed by atoms with Crippen LogP contribution in [0.3, 0.4) is 0 Å². The molecule has 5 heteroatoms. The zero-order valence-corrected chi connectivity index (χ0v) is 11.1. The van der Waals surface area contributed by atoms with Crippen molar-refractivity contribution in [1.82, 2.24) is 9.80 Å². The standard InChI is InChI=1S/C13H20N2O3/c1-9-4-10(8-18-9)13(17)15-7-12(16)5-11(15)6-14(2)3/h4,8,11-12,16H,5-7H2,1-3H3. The van der Waals surface area contributed by atoms with Crippen molar-refractivity contribution in [3.05, 3.63) is 23.7 Å². The second-order valence-electron chi connectivity index (χ2n) is 5.21. The zero-order chi connectivity index (χ0) is 13.3. The average molecular weight is 252 g/mol. The van der Waals surface area contributed by atoms with Crippen molar-refractivity contribution in [2.75, 3.05) is 27.2 Å². The van der Waals surface area contributed by atoms with Crippen molar-refractivity contribution >= 4 is 5.91 Å². The summed E-state index contributed by atoms with van der Waals surface area (Å²) in [5, 5.41) is 9.75. The smallest absolute Gasteiger partial charge is 0.257 e. The highest BCUT2D eigenvalue weighted by Gasteiger charge is 2.35. The molecule has 2 unspecified atom stereocenters. The van der Waals surface area contributed by atoms with Gasteiger partial charge in [-0.15, -0.1) is 0 Å². The van der Waals surface area contributed by atoms with Gasteiger partial charge in [0.15, 0.2) is 0 Å². The molecule has 1 aromatic heterocycles. The molecule has 18 heavy (non-hydrogen) atoms. The van der Waals surface area contributed by atoms with Crippen LogP contribution in [0, 0.1) is 6.92 Å². The molecule has 1 aliphatic rings. The fourth-order valence-corrected chi connectivity index (χ4v) is 2.46. The SMILES string of the molecule is Cc1cc(C(=O)N2CC(O)CC2CN(C)C)co1. The minimum absolute atomic E-state index is 0.0600. The fraction of sp³-hybridized carbons (Fsp3) is 0.615. The normalized spacial score (nSPS) is 23.9. The van der Waals surface area contributed by atoms with Gasteiger partial charge in [-0.2, -0.15) is 0 Å². The molecule has 0 radical (unpaired) electrons. The van der Waals surface area contributed by atoms with E-state index in [1.54, 1.807) is 11.0 Å². The quantitative estimate of drug-likeness (QED) is 0.861. The van der Waals surface area contributed by atoms with E-state index < -0.39 is 6.10 Å². The van der Waals surface area contributed by atoms with Crippen LogP contribution in [0.15, 0.2) is 16.7 Å². The van der Waals surface area contributed by atoms with Gasteiger partial charge in [0.25, 0.3) is 5.91 Å². The highest BCUT2D eigenvalue weighted by molar-refractivity contribution is 5.94. The Morgan fingerprint density at radius 1 is 1.61 bits per heavy atom. The van der Waals surface area contributed by atoms with E-state index in [2.05, 4.69) is 0 Å². The third-order valence-electron chi connectivity index (χ3n) is 3.21. The van der Waals surface area contributed by atoms with E-state index in [-0.39, 0.29) is 11.9 Å². The molecule has 0 aromatic carbocycles. The number of hydrogen-bond acceptors (Lipinski definition) is 4. The Kier molecular flexibility index (Phi) is 3.73. The Morgan fingerprint density at radius 2 is 2.33 bits per heavy atom. The summed E-state index contributed by atoms with van der Waals surface area (Å²) in [7, 11) is 3.94. The van der Waals surface area contributed by atoms with Gasteiger partial charge in [0.2, 0.25) is 0 Å². The van der Waals surface area contributed by atoms with Gasteiger partial charge in [0.05, 0.1) is 11.7 Å². The Balaban J connectivity index is 2.12. The lowest BCUT2D eigenvalue weighted by atomic mass is 10.2. The van der Waals surface area contributed by atoms with Crippen molar-refractivity contribution in [3.8, 4) is 0 Å². The monoisotopic (exact) mass is 252 g/mol. The van der Waals surface area contributed by atoms with E-state index in [0.717, 1.165) is 12.3 Å². The van der Waals surface area contributed by atoms with E-state index >= 15 is 0 Å². The molecule has 0 bridgehead atoms. The van der Waals surface area contributed by atoms with Gasteiger partial charge in [-0.25, -0.2) is 0 Å². The first-order valence-electron chi connectivity index (χ1n) is 6.16. The maximum absolute atomic E-state index is 12.3. The van der Waals surface area contributed by atoms with E-state index in [1.165, 1.54) is 6.26 Å². The lowest BCUT2D eigenvalue weighted by molar-refractivity contribution is 0.0698. The van der Waals surface area contributed by atoms with Crippen LogP contribution in [0.5, 0.6) is 0 Å². The van der Waals surface area contributed by atoms with Gasteiger partial charge in [0, 0.05) is 19.1 Å². The largest absolute Gasteiger partial charge is 0.469 e. The highest BCUT2D eigenvalue weighted by Crippen LogP contribution is 2.22. The summed E-state index contributed by atoms with van der Waals surface area (Å²) >= 11 is 0. The number of carbonyl (C=O) groups is 1. The number of aliphatic hydroxyl groups is 1. The number of nitrogens with zero attached hydrogens (tertiary/aromatic N) is 2. The van der Waals surface area contributed by atoms with Gasteiger partial charge in [-0.05, 0) is 33.5 Å². The van der Waals surface area contributed by atoms with Crippen LogP contribution in [0.25, 0.3) is 0 Å². The maximum atomic E-state index is 12.3. The van der Waals surface area contributed by atoms with Crippen LogP contribution in [-0.2, 0) is 0 Å². The molecule has 1 saturated heterocycles. The summed E-state index contributed by atoms with van der Waals surface area (Å²) in [6.07, 6.45) is 1.70. The van der Waals surface area contributed by atoms with Gasteiger partial charge < -0.3 is 19.3 Å². The van der Waals surface area contributed by atoms with E-state index in [0.29, 0.717) is 18.5 Å². The summed E-state index contributed by atoms with van der Waals surface area (Å²) in [5.41, 5.74) is 0.561. The number of amides is 1. The van der Waals surface area contributed by atoms with Crippen LogP contribution in [0.2, 0.25) is 0 Å². The van der Waals surface area contributed by atoms with E-state index in [4.69, 9.17) is 4.42 Å². The van der Waals surface area contributed by atoms with Crippen molar-refractivity contribution in [2.45, 2.75) is 25.5 Å². The summed E-state index contributed by atoms with van der Waals surface area (Å²) in [4.78, 5) is 16.1. The molecule has 0 spiro atoms. The fourth-order valence-electron chi connectivity index (χ4n) is 2.46. The van der Waals surface area contributed by atoms with Gasteiger partial charge >= 0.3 is 0 Å². The van der Waals surface area contributed by atoms with Gasteiger partial charge in [-0.3, -0.25) is 4.79 Å². The summed E-state index contributed by atoms with van der Waals surface area (Å²) in [6.45, 7) is 2.98. The second-order valence-corrected chi connectivity index (χ2v) is 5.21. The first-order chi connectivity index (χ1) is 8.47. The predicted octanol–water partition coefficient (Wildman–Crippen LogP) is 0.725. The van der Waals surface area contributed by atoms with Crippen LogP contribution >= 0.6 is 0 Å². The number of likely N-dealkylation sites (tertiary alicyclic amines) is 1. The molecule has 2 atom stereocenters. The van der Waals surface area contributed by atoms with E-state index in [9.17, 15) is 9.90 Å². The van der Waals surface area contributed by atoms with Crippen molar-refractivity contribution in [3.63, 3.8) is 0 Å². The van der Waals surface area contributed by atoms with Crippen LogP contribution < -0.4 is 0 Å². The van der Waals surface area contributed by atoms with Crippen LogP contribution in [0.1, 0.15) is 22.5 Å². The lowest BCUT2D eigenvalue weighted by Gasteiger charge is -2.26. The van der Waals surface area contributed by atoms with Crippen LogP contribution in [-0.4, -0.2) is 60.1 Å². The molecular weight excluding hydrogens is 232 g/mol. The number of aryl methyl sites for hydroxylation is 1. The molecular formula is C13H20N2O3. The Labute approximate surface area is 107 Å². The van der Waals surface area contributed by atoms with Crippen molar-refractivity contribution in [2.24, 2.45) is 0 Å². The molecule has 0 aliphatic carbocycles. The van der Waals surface area contributed by atoms with E-state index in [1.807, 2.05) is 25.9 Å². The lowest BCUT2D eigenvalue weighted by Crippen LogP contribution is -2.41. The maximum Gasteiger partial charge on any atom is 0.257 e. The minimum Gasteiger partial charge on any atom is -0.469 e. The summed E-state index contributed by atoms with van der Waals surface area (Å²) < 4.78 is 5.17. The number of furan rings is 1. The van der Waals surface area contributed by atoms with Gasteiger partial charge in [-0.1, -0.05) is 0 Å². The molecule has 1 amide bonds. The number of carbonyl (C=O) groups excluding carboxylic acids is 1. The number of β-amino-alcohol motifs (C(OH)–C–C–N with tert-alkyl or cyclic N) is 1. The molecule has 1 aliphatic heterocycles. The third kappa shape index (κ3) is 2.73. The molecule has 1 fully saturated rings. The molecule has 5 nitrogen and oxygen atoms in total. The third-order valence-corrected chi connectivity index (χ3v) is 3.21. The Morgan fingerprint density at radius 3 is 2.89 bits per heavy atom. The van der Waals surface area contributed by atoms with Crippen LogP contribution in [0.4, 0.5) is 0 Å². The topological polar surface area (TPSA) is 56.9 Å². The Hall–Kier alpha value is -1.33. The molecule has 2 heterocycles. The highest BCUT2D eigenvalue weighted by atomic mass is 16.3. The number of hydrogen-bond donors (Lipinski definition) is 1. The summed E-state index contributed by atoms with van der Waals surface area (Å²) in [5.74, 6) is 0.664. The number of aliphatic hydroxyl groups excluding tert-OH is 1. The molecule has 0 saturated carbocycles. The molecule has 2 rings (SSSR count). The first-order valence-corrected chi connectivity index (χ1v) is 6.16. The molecule has 100 valence electrons. The minimum atomic E-state index is -0.424. The van der Waals surface area contributed by atoms with Crippen molar-refractivity contribution < 1.29 is 14.3 Å².